The molecule has 37 heavy (non-hydrogen) atoms. The lowest BCUT2D eigenvalue weighted by Crippen LogP contribution is -2.37. The molecule has 0 radical (unpaired) electrons. The van der Waals surface area contributed by atoms with Crippen LogP contribution in [0.2, 0.25) is 0 Å². The number of nitrogens with zero attached hydrogens (tertiary/aromatic N) is 1. The zero-order valence-electron chi connectivity index (χ0n) is 24.5. The molecular weight excluding hydrogens is 470 g/mol. The first-order valence-electron chi connectivity index (χ1n) is 15.2. The number of carbonyl (C=O) groups is 1. The average Bonchev–Trinajstić information content (AvgIpc) is 2.86. The van der Waals surface area contributed by atoms with E-state index >= 15 is 0 Å². The summed E-state index contributed by atoms with van der Waals surface area (Å²) in [5.41, 5.74) is 0. The van der Waals surface area contributed by atoms with Crippen molar-refractivity contribution in [3.8, 4) is 0 Å². The monoisotopic (exact) mass is 529 g/mol. The number of unbranched alkanes of at least 4 members (excludes halogenated alkanes) is 9. The predicted molar refractivity (Wildman–Crippen MR) is 147 cm³/mol. The standard InChI is InChI=1S/C30H59NO6/c1-31(2,3)20-22-34-23-24-36-26-29(37-27-30(32)33)25-35-21-16-11-9-7-5-4-6-8-10-13-17-28-18-14-12-15-19-28/h28-29H,4-27H2,1-3H3. The van der Waals surface area contributed by atoms with Crippen LogP contribution in [-0.4, -0.2) is 90.5 Å². The minimum Gasteiger partial charge on any atom is -0.548 e. The highest BCUT2D eigenvalue weighted by Crippen LogP contribution is 2.28. The molecule has 7 heteroatoms. The number of rotatable bonds is 26. The van der Waals surface area contributed by atoms with Crippen LogP contribution in [0.5, 0.6) is 0 Å². The minimum atomic E-state index is -1.23. The summed E-state index contributed by atoms with van der Waals surface area (Å²) in [5, 5.41) is 10.7. The summed E-state index contributed by atoms with van der Waals surface area (Å²) < 4.78 is 23.1. The highest BCUT2D eigenvalue weighted by Gasteiger charge is 2.13. The molecule has 1 atom stereocenters. The molecule has 0 heterocycles. The van der Waals surface area contributed by atoms with E-state index in [0.717, 1.165) is 23.4 Å². The average molecular weight is 530 g/mol. The maximum atomic E-state index is 10.7. The van der Waals surface area contributed by atoms with E-state index in [1.807, 2.05) is 0 Å². The van der Waals surface area contributed by atoms with Gasteiger partial charge in [-0.2, -0.15) is 0 Å². The Morgan fingerprint density at radius 1 is 0.730 bits per heavy atom. The van der Waals surface area contributed by atoms with Gasteiger partial charge in [0.2, 0.25) is 0 Å². The summed E-state index contributed by atoms with van der Waals surface area (Å²) in [4.78, 5) is 10.7. The number of carbonyl (C=O) groups excluding carboxylic acids is 1. The third kappa shape index (κ3) is 24.1. The van der Waals surface area contributed by atoms with Crippen LogP contribution < -0.4 is 5.11 Å². The molecule has 0 aromatic carbocycles. The van der Waals surface area contributed by atoms with Gasteiger partial charge in [0.15, 0.2) is 0 Å². The van der Waals surface area contributed by atoms with Crippen molar-refractivity contribution in [2.45, 2.75) is 109 Å². The van der Waals surface area contributed by atoms with Crippen LogP contribution in [0.1, 0.15) is 103 Å². The second kappa shape index (κ2) is 23.2. The summed E-state index contributed by atoms with van der Waals surface area (Å²) >= 11 is 0. The van der Waals surface area contributed by atoms with Crippen LogP contribution in [-0.2, 0) is 23.7 Å². The number of carboxylic acids is 1. The fourth-order valence-corrected chi connectivity index (χ4v) is 4.85. The molecule has 0 N–H and O–H groups in total. The highest BCUT2D eigenvalue weighted by molar-refractivity contribution is 5.65. The van der Waals surface area contributed by atoms with Gasteiger partial charge in [0.25, 0.3) is 0 Å². The van der Waals surface area contributed by atoms with E-state index in [-0.39, 0.29) is 6.61 Å². The Balaban J connectivity index is 1.91. The van der Waals surface area contributed by atoms with Crippen LogP contribution in [0.15, 0.2) is 0 Å². The van der Waals surface area contributed by atoms with E-state index < -0.39 is 18.7 Å². The van der Waals surface area contributed by atoms with Gasteiger partial charge in [0.1, 0.15) is 12.6 Å². The minimum absolute atomic E-state index is 0.284. The lowest BCUT2D eigenvalue weighted by molar-refractivity contribution is -0.870. The summed E-state index contributed by atoms with van der Waals surface area (Å²) in [6, 6.07) is 0. The van der Waals surface area contributed by atoms with Crippen LogP contribution in [0.4, 0.5) is 0 Å². The zero-order chi connectivity index (χ0) is 27.0. The Morgan fingerprint density at radius 2 is 1.27 bits per heavy atom. The molecule has 1 rings (SSSR count). The molecule has 0 aromatic heterocycles. The molecule has 0 aliphatic heterocycles. The molecule has 1 saturated carbocycles. The second-order valence-electron chi connectivity index (χ2n) is 11.9. The van der Waals surface area contributed by atoms with Crippen molar-refractivity contribution in [2.24, 2.45) is 5.92 Å². The predicted octanol–water partition coefficient (Wildman–Crippen LogP) is 4.75. The van der Waals surface area contributed by atoms with Crippen molar-refractivity contribution < 1.29 is 33.3 Å². The Bertz CT molecular complexity index is 519. The van der Waals surface area contributed by atoms with Crippen molar-refractivity contribution in [3.05, 3.63) is 0 Å². The van der Waals surface area contributed by atoms with Gasteiger partial charge in [0.05, 0.1) is 66.8 Å². The third-order valence-corrected chi connectivity index (χ3v) is 7.20. The summed E-state index contributed by atoms with van der Waals surface area (Å²) in [5.74, 6) is -0.187. The van der Waals surface area contributed by atoms with Gasteiger partial charge in [-0.05, 0) is 12.3 Å². The Kier molecular flexibility index (Phi) is 21.5. The normalized spacial score (nSPS) is 15.8. The van der Waals surface area contributed by atoms with Gasteiger partial charge in [-0.25, -0.2) is 0 Å². The topological polar surface area (TPSA) is 77.0 Å². The fraction of sp³-hybridized carbons (Fsp3) is 0.967. The first kappa shape index (κ1) is 34.3. The summed E-state index contributed by atoms with van der Waals surface area (Å²) in [7, 11) is 6.38. The van der Waals surface area contributed by atoms with Gasteiger partial charge < -0.3 is 33.3 Å². The van der Waals surface area contributed by atoms with Gasteiger partial charge in [0, 0.05) is 6.61 Å². The number of quaternary nitrogens is 1. The van der Waals surface area contributed by atoms with E-state index in [4.69, 9.17) is 18.9 Å². The number of hydrogen-bond acceptors (Lipinski definition) is 6. The van der Waals surface area contributed by atoms with Gasteiger partial charge in [-0.15, -0.1) is 0 Å². The molecule has 220 valence electrons. The van der Waals surface area contributed by atoms with Crippen molar-refractivity contribution in [1.29, 1.82) is 0 Å². The number of carboxylic acid groups (broad SMARTS) is 1. The van der Waals surface area contributed by atoms with Crippen LogP contribution >= 0.6 is 0 Å². The first-order chi connectivity index (χ1) is 17.9. The molecule has 0 spiro atoms. The van der Waals surface area contributed by atoms with Crippen LogP contribution in [0.3, 0.4) is 0 Å². The molecule has 0 saturated heterocycles. The lowest BCUT2D eigenvalue weighted by atomic mass is 9.85. The lowest BCUT2D eigenvalue weighted by Gasteiger charge is -2.23. The second-order valence-corrected chi connectivity index (χ2v) is 11.9. The molecule has 1 aliphatic carbocycles. The number of ether oxygens (including phenoxy) is 4. The van der Waals surface area contributed by atoms with Crippen molar-refractivity contribution in [1.82, 2.24) is 0 Å². The highest BCUT2D eigenvalue weighted by atomic mass is 16.6. The van der Waals surface area contributed by atoms with E-state index in [1.165, 1.54) is 96.3 Å². The molecule has 1 fully saturated rings. The van der Waals surface area contributed by atoms with Gasteiger partial charge >= 0.3 is 0 Å². The molecular formula is C30H59NO6. The van der Waals surface area contributed by atoms with E-state index in [2.05, 4.69) is 21.1 Å². The SMILES string of the molecule is C[N+](C)(C)CCOCCOCC(COCCCCCCCCCCCCC1CCCCC1)OCC(=O)[O-]. The molecule has 0 aromatic rings. The fourth-order valence-electron chi connectivity index (χ4n) is 4.85. The largest absolute Gasteiger partial charge is 0.548 e. The Labute approximate surface area is 228 Å². The Morgan fingerprint density at radius 3 is 1.86 bits per heavy atom. The van der Waals surface area contributed by atoms with Crippen LogP contribution in [0, 0.1) is 5.92 Å². The van der Waals surface area contributed by atoms with Gasteiger partial charge in [-0.3, -0.25) is 0 Å². The smallest absolute Gasteiger partial charge is 0.105 e. The van der Waals surface area contributed by atoms with Crippen molar-refractivity contribution in [2.75, 3.05) is 73.9 Å². The summed E-state index contributed by atoms with van der Waals surface area (Å²) in [6.07, 6.45) is 21.6. The molecule has 1 unspecified atom stereocenters. The Hall–Kier alpha value is -0.730. The third-order valence-electron chi connectivity index (χ3n) is 7.20. The quantitative estimate of drug-likeness (QED) is 0.119. The molecule has 0 bridgehead atoms. The molecule has 0 amide bonds. The van der Waals surface area contributed by atoms with Crippen molar-refractivity contribution in [3.63, 3.8) is 0 Å². The van der Waals surface area contributed by atoms with E-state index in [1.54, 1.807) is 0 Å². The molecule has 7 nitrogen and oxygen atoms in total. The van der Waals surface area contributed by atoms with Crippen LogP contribution in [0.25, 0.3) is 0 Å². The maximum absolute atomic E-state index is 10.7. The first-order valence-corrected chi connectivity index (χ1v) is 15.2. The zero-order valence-corrected chi connectivity index (χ0v) is 24.5. The maximum Gasteiger partial charge on any atom is 0.105 e. The van der Waals surface area contributed by atoms with E-state index in [9.17, 15) is 9.90 Å². The number of hydrogen-bond donors (Lipinski definition) is 0. The number of likely N-dealkylation sites (N-methyl/N-ethyl adjacent to an activating group) is 1. The van der Waals surface area contributed by atoms with Crippen molar-refractivity contribution >= 4 is 5.97 Å². The molecule has 1 aliphatic rings. The number of aliphatic carboxylic acids is 1. The van der Waals surface area contributed by atoms with Gasteiger partial charge in [-0.1, -0.05) is 96.3 Å². The summed E-state index contributed by atoms with van der Waals surface area (Å²) in [6.45, 7) is 3.41. The van der Waals surface area contributed by atoms with E-state index in [0.29, 0.717) is 33.0 Å².